The Labute approximate surface area is 189 Å². The zero-order valence-electron chi connectivity index (χ0n) is 17.9. The summed E-state index contributed by atoms with van der Waals surface area (Å²) in [6.45, 7) is 0. The number of hydrogen-bond donors (Lipinski definition) is 1. The first-order valence-electron chi connectivity index (χ1n) is 9.94. The fourth-order valence-electron chi connectivity index (χ4n) is 3.56. The monoisotopic (exact) mass is 480 g/mol. The summed E-state index contributed by atoms with van der Waals surface area (Å²) < 4.78 is 80.0. The minimum Gasteiger partial charge on any atom is -0.384 e. The van der Waals surface area contributed by atoms with Crippen LogP contribution in [0.15, 0.2) is 60.9 Å². The summed E-state index contributed by atoms with van der Waals surface area (Å²) in [5.74, 6) is 0.261. The Hall–Kier alpha value is -3.60. The van der Waals surface area contributed by atoms with E-state index in [9.17, 15) is 31.4 Å². The molecule has 0 unspecified atom stereocenters. The molecule has 4 rings (SSSR count). The maximum atomic E-state index is 12.9. The molecule has 0 aliphatic heterocycles. The van der Waals surface area contributed by atoms with E-state index in [0.717, 1.165) is 12.4 Å². The molecule has 0 amide bonds. The van der Waals surface area contributed by atoms with E-state index in [1.54, 1.807) is 48.5 Å². The molecule has 0 fully saturated rings. The summed E-state index contributed by atoms with van der Waals surface area (Å²) in [5, 5.41) is 10.7. The number of aryl methyl sites for hydroxylation is 2. The Bertz CT molecular complexity index is 1200. The van der Waals surface area contributed by atoms with Crippen molar-refractivity contribution < 1.29 is 31.4 Å². The van der Waals surface area contributed by atoms with Crippen LogP contribution in [0.1, 0.15) is 28.6 Å². The van der Waals surface area contributed by atoms with E-state index in [1.807, 2.05) is 0 Å². The lowest BCUT2D eigenvalue weighted by atomic mass is 9.99. The largest absolute Gasteiger partial charge is 0.434 e. The van der Waals surface area contributed by atoms with Crippen molar-refractivity contribution in [2.45, 2.75) is 18.5 Å². The van der Waals surface area contributed by atoms with E-state index in [1.165, 1.54) is 23.2 Å². The van der Waals surface area contributed by atoms with Gasteiger partial charge in [0.2, 0.25) is 0 Å². The highest BCUT2D eigenvalue weighted by Gasteiger charge is 2.35. The number of benzene rings is 2. The summed E-state index contributed by atoms with van der Waals surface area (Å²) in [7, 11) is 2.92. The van der Waals surface area contributed by atoms with Crippen LogP contribution in [-0.4, -0.2) is 24.2 Å². The molecule has 0 spiro atoms. The highest BCUT2D eigenvalue weighted by molar-refractivity contribution is 5.59. The lowest BCUT2D eigenvalue weighted by Gasteiger charge is -2.13. The molecule has 2 aromatic carbocycles. The van der Waals surface area contributed by atoms with Crippen molar-refractivity contribution in [1.82, 2.24) is 19.1 Å². The number of aliphatic hydroxyl groups excluding tert-OH is 1. The molecule has 0 bridgehead atoms. The molecule has 11 heteroatoms. The van der Waals surface area contributed by atoms with Crippen molar-refractivity contribution in [3.05, 3.63) is 83.4 Å². The number of nitrogens with zero attached hydrogens (tertiary/aromatic N) is 4. The van der Waals surface area contributed by atoms with Gasteiger partial charge in [-0.2, -0.15) is 26.3 Å². The third-order valence-electron chi connectivity index (χ3n) is 5.30. The van der Waals surface area contributed by atoms with E-state index < -0.39 is 29.8 Å². The van der Waals surface area contributed by atoms with Crippen molar-refractivity contribution in [3.8, 4) is 22.8 Å². The molecule has 0 aliphatic rings. The lowest BCUT2D eigenvalue weighted by Crippen LogP contribution is -2.05. The first-order valence-corrected chi connectivity index (χ1v) is 9.94. The van der Waals surface area contributed by atoms with Crippen molar-refractivity contribution >= 4 is 0 Å². The third kappa shape index (κ3) is 4.56. The molecular weight excluding hydrogens is 462 g/mol. The molecule has 0 saturated heterocycles. The average molecular weight is 480 g/mol. The van der Waals surface area contributed by atoms with Gasteiger partial charge in [-0.05, 0) is 11.1 Å². The quantitative estimate of drug-likeness (QED) is 0.387. The molecule has 0 radical (unpaired) electrons. The van der Waals surface area contributed by atoms with Gasteiger partial charge in [0.15, 0.2) is 11.4 Å². The van der Waals surface area contributed by atoms with Crippen LogP contribution in [-0.2, 0) is 26.4 Å². The van der Waals surface area contributed by atoms with E-state index in [-0.39, 0.29) is 11.6 Å². The van der Waals surface area contributed by atoms with Crippen LogP contribution >= 0.6 is 0 Å². The molecule has 0 atom stereocenters. The van der Waals surface area contributed by atoms with E-state index >= 15 is 0 Å². The summed E-state index contributed by atoms with van der Waals surface area (Å²) in [4.78, 5) is 7.29. The van der Waals surface area contributed by atoms with Gasteiger partial charge in [0.05, 0.1) is 0 Å². The van der Waals surface area contributed by atoms with Crippen molar-refractivity contribution in [3.63, 3.8) is 0 Å². The molecule has 0 saturated carbocycles. The summed E-state index contributed by atoms with van der Waals surface area (Å²) >= 11 is 0. The van der Waals surface area contributed by atoms with Gasteiger partial charge in [-0.1, -0.05) is 48.5 Å². The number of aromatic nitrogens is 4. The molecule has 5 nitrogen and oxygen atoms in total. The Morgan fingerprint density at radius 2 is 0.971 bits per heavy atom. The minimum absolute atomic E-state index is 0.131. The molecule has 2 heterocycles. The van der Waals surface area contributed by atoms with Gasteiger partial charge in [-0.25, -0.2) is 9.97 Å². The lowest BCUT2D eigenvalue weighted by molar-refractivity contribution is -0.141. The standard InChI is InChI=1S/C23H18F6N4O/c1-32-11-17(22(24,25)26)30-20(32)15-7-3-13(4-8-15)19(34)14-5-9-16(10-6-14)21-31-18(12-33(21)2)23(27,28)29/h3-12,19,34H,1-2H3. The average Bonchev–Trinajstić information content (AvgIpc) is 3.36. The van der Waals surface area contributed by atoms with Crippen LogP contribution in [0.5, 0.6) is 0 Å². The van der Waals surface area contributed by atoms with Gasteiger partial charge in [-0.15, -0.1) is 0 Å². The van der Waals surface area contributed by atoms with Crippen LogP contribution in [0.3, 0.4) is 0 Å². The highest BCUT2D eigenvalue weighted by atomic mass is 19.4. The zero-order valence-corrected chi connectivity index (χ0v) is 17.9. The number of halogens is 6. The van der Waals surface area contributed by atoms with E-state index in [2.05, 4.69) is 9.97 Å². The molecular formula is C23H18F6N4O. The maximum Gasteiger partial charge on any atom is 0.434 e. The fourth-order valence-corrected chi connectivity index (χ4v) is 3.56. The number of aliphatic hydroxyl groups is 1. The number of hydrogen-bond acceptors (Lipinski definition) is 3. The normalized spacial score (nSPS) is 12.5. The van der Waals surface area contributed by atoms with Crippen LogP contribution < -0.4 is 0 Å². The van der Waals surface area contributed by atoms with Crippen LogP contribution in [0, 0.1) is 0 Å². The minimum atomic E-state index is -4.55. The van der Waals surface area contributed by atoms with Crippen LogP contribution in [0.25, 0.3) is 22.8 Å². The number of alkyl halides is 6. The second-order valence-electron chi connectivity index (χ2n) is 7.76. The molecule has 178 valence electrons. The van der Waals surface area contributed by atoms with Crippen molar-refractivity contribution in [2.75, 3.05) is 0 Å². The Kier molecular flexibility index (Phi) is 5.76. The summed E-state index contributed by atoms with van der Waals surface area (Å²) in [6, 6.07) is 12.5. The maximum absolute atomic E-state index is 12.9. The van der Waals surface area contributed by atoms with E-state index in [0.29, 0.717) is 22.3 Å². The SMILES string of the molecule is Cn1cc(C(F)(F)F)nc1-c1ccc(C(O)c2ccc(-c3nc(C(F)(F)F)cn3C)cc2)cc1. The van der Waals surface area contributed by atoms with Gasteiger partial charge in [-0.3, -0.25) is 0 Å². The molecule has 2 aromatic heterocycles. The van der Waals surface area contributed by atoms with Gasteiger partial charge < -0.3 is 14.2 Å². The number of rotatable bonds is 4. The Balaban J connectivity index is 1.55. The predicted octanol–water partition coefficient (Wildman–Crippen LogP) is 5.61. The Morgan fingerprint density at radius 1 is 0.647 bits per heavy atom. The van der Waals surface area contributed by atoms with Gasteiger partial charge in [0, 0.05) is 37.6 Å². The number of imidazole rings is 2. The second kappa shape index (κ2) is 8.32. The Morgan fingerprint density at radius 3 is 1.24 bits per heavy atom. The molecule has 34 heavy (non-hydrogen) atoms. The fraction of sp³-hybridized carbons (Fsp3) is 0.217. The highest BCUT2D eigenvalue weighted by Crippen LogP contribution is 2.33. The predicted molar refractivity (Wildman–Crippen MR) is 111 cm³/mol. The molecule has 1 N–H and O–H groups in total. The smallest absolute Gasteiger partial charge is 0.384 e. The van der Waals surface area contributed by atoms with Gasteiger partial charge in [0.1, 0.15) is 17.8 Å². The van der Waals surface area contributed by atoms with Crippen LogP contribution in [0.4, 0.5) is 26.3 Å². The first-order chi connectivity index (χ1) is 15.8. The topological polar surface area (TPSA) is 55.9 Å². The van der Waals surface area contributed by atoms with Gasteiger partial charge in [0.25, 0.3) is 0 Å². The van der Waals surface area contributed by atoms with E-state index in [4.69, 9.17) is 0 Å². The first kappa shape index (κ1) is 23.6. The molecule has 0 aliphatic carbocycles. The zero-order chi connectivity index (χ0) is 24.8. The van der Waals surface area contributed by atoms with Crippen molar-refractivity contribution in [2.24, 2.45) is 14.1 Å². The van der Waals surface area contributed by atoms with Crippen molar-refractivity contribution in [1.29, 1.82) is 0 Å². The van der Waals surface area contributed by atoms with Crippen LogP contribution in [0.2, 0.25) is 0 Å². The summed E-state index contributed by atoms with van der Waals surface area (Å²) in [5.41, 5.74) is -0.135. The molecule has 4 aromatic rings. The summed E-state index contributed by atoms with van der Waals surface area (Å²) in [6.07, 6.45) is -8.36. The second-order valence-corrected chi connectivity index (χ2v) is 7.76. The third-order valence-corrected chi connectivity index (χ3v) is 5.30. The van der Waals surface area contributed by atoms with Gasteiger partial charge >= 0.3 is 12.4 Å².